The Labute approximate surface area is 105 Å². The first-order valence-electron chi connectivity index (χ1n) is 4.96. The van der Waals surface area contributed by atoms with Gasteiger partial charge in [-0.05, 0) is 6.07 Å². The van der Waals surface area contributed by atoms with Gasteiger partial charge in [-0.1, -0.05) is 12.2 Å². The Bertz CT molecular complexity index is 434. The maximum absolute atomic E-state index is 11.5. The smallest absolute Gasteiger partial charge is 0.241 e. The molecule has 7 heteroatoms. The van der Waals surface area contributed by atoms with E-state index >= 15 is 0 Å². The normalized spacial score (nSPS) is 9.82. The lowest BCUT2D eigenvalue weighted by atomic mass is 10.4. The zero-order valence-electron chi connectivity index (χ0n) is 10.0. The third-order valence-corrected chi connectivity index (χ3v) is 2.32. The van der Waals surface area contributed by atoms with Crippen molar-refractivity contribution in [3.8, 4) is 0 Å². The van der Waals surface area contributed by atoms with Gasteiger partial charge in [-0.15, -0.1) is 0 Å². The second kappa shape index (κ2) is 5.53. The molecule has 0 radical (unpaired) electrons. The topological polar surface area (TPSA) is 75.4 Å². The Kier molecular flexibility index (Phi) is 4.33. The van der Waals surface area contributed by atoms with Crippen LogP contribution >= 0.6 is 12.2 Å². The van der Waals surface area contributed by atoms with E-state index in [9.17, 15) is 4.79 Å². The van der Waals surface area contributed by atoms with Gasteiger partial charge in [0.2, 0.25) is 11.9 Å². The first-order chi connectivity index (χ1) is 7.91. The number of rotatable bonds is 4. The number of hydrogen-bond acceptors (Lipinski definition) is 5. The molecule has 0 bridgehead atoms. The van der Waals surface area contributed by atoms with Gasteiger partial charge < -0.3 is 15.5 Å². The van der Waals surface area contributed by atoms with E-state index in [-0.39, 0.29) is 17.4 Å². The highest BCUT2D eigenvalue weighted by Crippen LogP contribution is 2.05. The third kappa shape index (κ3) is 3.63. The zero-order chi connectivity index (χ0) is 13.0. The predicted molar refractivity (Wildman–Crippen MR) is 69.9 cm³/mol. The van der Waals surface area contributed by atoms with Gasteiger partial charge in [-0.3, -0.25) is 4.79 Å². The minimum Gasteiger partial charge on any atom is -0.388 e. The first kappa shape index (κ1) is 13.3. The van der Waals surface area contributed by atoms with Crippen LogP contribution in [0.2, 0.25) is 0 Å². The number of anilines is 1. The van der Waals surface area contributed by atoms with Gasteiger partial charge in [-0.25, -0.2) is 9.97 Å². The summed E-state index contributed by atoms with van der Waals surface area (Å²) in [5.74, 6) is 0.391. The van der Waals surface area contributed by atoms with Crippen LogP contribution in [0.3, 0.4) is 0 Å². The third-order valence-electron chi connectivity index (χ3n) is 2.11. The van der Waals surface area contributed by atoms with Crippen LogP contribution in [0.25, 0.3) is 0 Å². The number of amides is 1. The van der Waals surface area contributed by atoms with Gasteiger partial charge in [0.15, 0.2) is 0 Å². The molecule has 6 nitrogen and oxygen atoms in total. The largest absolute Gasteiger partial charge is 0.388 e. The highest BCUT2D eigenvalue weighted by molar-refractivity contribution is 7.80. The fourth-order valence-corrected chi connectivity index (χ4v) is 1.20. The summed E-state index contributed by atoms with van der Waals surface area (Å²) in [6.45, 7) is 0.202. The molecule has 0 fully saturated rings. The van der Waals surface area contributed by atoms with E-state index in [1.807, 2.05) is 0 Å². The fourth-order valence-electron chi connectivity index (χ4n) is 1.08. The van der Waals surface area contributed by atoms with Crippen molar-refractivity contribution in [1.82, 2.24) is 14.9 Å². The number of aromatic nitrogens is 2. The number of thiocarbonyl (C=S) groups is 1. The van der Waals surface area contributed by atoms with Gasteiger partial charge in [0, 0.05) is 27.3 Å². The molecular formula is C10H15N5OS. The molecule has 0 saturated carbocycles. The van der Waals surface area contributed by atoms with Crippen molar-refractivity contribution < 1.29 is 4.79 Å². The van der Waals surface area contributed by atoms with Crippen LogP contribution in [0.1, 0.15) is 5.69 Å². The minimum atomic E-state index is -0.0307. The number of nitrogens with zero attached hydrogens (tertiary/aromatic N) is 4. The summed E-state index contributed by atoms with van der Waals surface area (Å²) in [4.78, 5) is 23.1. The summed E-state index contributed by atoms with van der Waals surface area (Å²) in [5.41, 5.74) is 5.97. The average molecular weight is 253 g/mol. The second-order valence-corrected chi connectivity index (χ2v) is 4.19. The highest BCUT2D eigenvalue weighted by atomic mass is 32.1. The average Bonchev–Trinajstić information content (AvgIpc) is 2.28. The molecule has 1 aromatic heterocycles. The van der Waals surface area contributed by atoms with E-state index < -0.39 is 0 Å². The van der Waals surface area contributed by atoms with Crippen molar-refractivity contribution in [2.45, 2.75) is 0 Å². The molecule has 2 N–H and O–H groups in total. The van der Waals surface area contributed by atoms with Crippen molar-refractivity contribution in [2.24, 2.45) is 5.73 Å². The van der Waals surface area contributed by atoms with Gasteiger partial charge in [0.1, 0.15) is 10.7 Å². The van der Waals surface area contributed by atoms with Crippen LogP contribution in [0.15, 0.2) is 12.3 Å². The van der Waals surface area contributed by atoms with Crippen molar-refractivity contribution in [2.75, 3.05) is 32.6 Å². The predicted octanol–water partition coefficient (Wildman–Crippen LogP) is -0.365. The van der Waals surface area contributed by atoms with Crippen LogP contribution in [-0.4, -0.2) is 53.5 Å². The lowest BCUT2D eigenvalue weighted by molar-refractivity contribution is -0.127. The van der Waals surface area contributed by atoms with E-state index in [4.69, 9.17) is 18.0 Å². The number of likely N-dealkylation sites (N-methyl/N-ethyl adjacent to an activating group) is 2. The summed E-state index contributed by atoms with van der Waals surface area (Å²) >= 11 is 4.83. The van der Waals surface area contributed by atoms with E-state index in [0.29, 0.717) is 11.6 Å². The zero-order valence-corrected chi connectivity index (χ0v) is 10.9. The Morgan fingerprint density at radius 3 is 2.65 bits per heavy atom. The monoisotopic (exact) mass is 253 g/mol. The molecule has 17 heavy (non-hydrogen) atoms. The second-order valence-electron chi connectivity index (χ2n) is 3.75. The summed E-state index contributed by atoms with van der Waals surface area (Å²) in [5, 5.41) is 0. The van der Waals surface area contributed by atoms with Gasteiger partial charge in [-0.2, -0.15) is 0 Å². The molecular weight excluding hydrogens is 238 g/mol. The standard InChI is InChI=1S/C10H15N5OS/c1-14(2)8(16)6-15(3)10-12-5-4-7(13-10)9(11)17/h4-5H,6H2,1-3H3,(H2,11,17). The lowest BCUT2D eigenvalue weighted by Gasteiger charge is -2.19. The molecule has 1 heterocycles. The number of carbonyl (C=O) groups is 1. The Morgan fingerprint density at radius 2 is 2.12 bits per heavy atom. The summed E-state index contributed by atoms with van der Waals surface area (Å²) in [7, 11) is 5.13. The summed E-state index contributed by atoms with van der Waals surface area (Å²) < 4.78 is 0. The molecule has 0 saturated heterocycles. The van der Waals surface area contributed by atoms with Gasteiger partial charge in [0.05, 0.1) is 6.54 Å². The van der Waals surface area contributed by atoms with Crippen LogP contribution in [0.4, 0.5) is 5.95 Å². The quantitative estimate of drug-likeness (QED) is 0.738. The molecule has 1 aromatic rings. The molecule has 0 aliphatic rings. The Hall–Kier alpha value is -1.76. The fraction of sp³-hybridized carbons (Fsp3) is 0.400. The van der Waals surface area contributed by atoms with E-state index in [0.717, 1.165) is 0 Å². The molecule has 92 valence electrons. The maximum Gasteiger partial charge on any atom is 0.241 e. The Morgan fingerprint density at radius 1 is 1.47 bits per heavy atom. The van der Waals surface area contributed by atoms with Crippen LogP contribution < -0.4 is 10.6 Å². The van der Waals surface area contributed by atoms with Crippen LogP contribution in [0.5, 0.6) is 0 Å². The molecule has 0 aliphatic heterocycles. The molecule has 1 amide bonds. The van der Waals surface area contributed by atoms with Crippen molar-refractivity contribution in [3.05, 3.63) is 18.0 Å². The molecule has 0 aromatic carbocycles. The lowest BCUT2D eigenvalue weighted by Crippen LogP contribution is -2.35. The molecule has 0 atom stereocenters. The van der Waals surface area contributed by atoms with Crippen LogP contribution in [-0.2, 0) is 4.79 Å². The van der Waals surface area contributed by atoms with E-state index in [1.165, 1.54) is 4.90 Å². The van der Waals surface area contributed by atoms with Gasteiger partial charge in [0.25, 0.3) is 0 Å². The van der Waals surface area contributed by atoms with Crippen LogP contribution in [0, 0.1) is 0 Å². The summed E-state index contributed by atoms with van der Waals surface area (Å²) in [6, 6.07) is 1.63. The minimum absolute atomic E-state index is 0.0307. The summed E-state index contributed by atoms with van der Waals surface area (Å²) in [6.07, 6.45) is 1.56. The molecule has 1 rings (SSSR count). The van der Waals surface area contributed by atoms with Gasteiger partial charge >= 0.3 is 0 Å². The van der Waals surface area contributed by atoms with Crippen molar-refractivity contribution >= 4 is 29.1 Å². The SMILES string of the molecule is CN(C)C(=O)CN(C)c1nccc(C(N)=S)n1. The number of carbonyl (C=O) groups excluding carboxylic acids is 1. The first-order valence-corrected chi connectivity index (χ1v) is 5.36. The van der Waals surface area contributed by atoms with Crippen molar-refractivity contribution in [1.29, 1.82) is 0 Å². The maximum atomic E-state index is 11.5. The highest BCUT2D eigenvalue weighted by Gasteiger charge is 2.12. The van der Waals surface area contributed by atoms with Crippen molar-refractivity contribution in [3.63, 3.8) is 0 Å². The molecule has 0 spiro atoms. The molecule has 0 unspecified atom stereocenters. The number of hydrogen-bond donors (Lipinski definition) is 1. The Balaban J connectivity index is 2.82. The van der Waals surface area contributed by atoms with E-state index in [1.54, 1.807) is 38.3 Å². The molecule has 0 aliphatic carbocycles. The van der Waals surface area contributed by atoms with E-state index in [2.05, 4.69) is 9.97 Å². The number of nitrogens with two attached hydrogens (primary N) is 1.